The van der Waals surface area contributed by atoms with Gasteiger partial charge in [-0.2, -0.15) is 8.78 Å². The molecule has 0 aliphatic rings. The summed E-state index contributed by atoms with van der Waals surface area (Å²) in [5.74, 6) is -1.12. The number of esters is 2. The van der Waals surface area contributed by atoms with Crippen LogP contribution in [0.25, 0.3) is 0 Å². The first kappa shape index (κ1) is 23.5. The van der Waals surface area contributed by atoms with Gasteiger partial charge in [-0.15, -0.1) is 13.2 Å². The van der Waals surface area contributed by atoms with E-state index in [9.17, 15) is 18.4 Å². The van der Waals surface area contributed by atoms with E-state index in [1.807, 2.05) is 0 Å². The molecule has 0 aliphatic carbocycles. The summed E-state index contributed by atoms with van der Waals surface area (Å²) < 4.78 is 36.2. The molecule has 8 heteroatoms. The molecule has 23 heavy (non-hydrogen) atoms. The minimum atomic E-state index is -2.90. The summed E-state index contributed by atoms with van der Waals surface area (Å²) >= 11 is 0. The standard InChI is InChI=1S/C8H12F2O3.C7H12O3/c1-4-8(2,6(11)12-3)5-13-7(9)10;1-4-7(2,5-8)6(9)10-3/h4,7H,1,5H2,2-3H3;4,8H,1,5H2,2-3H3/t8-;7-/m11/s1. The molecule has 6 nitrogen and oxygen atoms in total. The molecule has 0 aromatic rings. The third-order valence-electron chi connectivity index (χ3n) is 3.04. The predicted molar refractivity (Wildman–Crippen MR) is 79.7 cm³/mol. The zero-order valence-electron chi connectivity index (χ0n) is 13.8. The molecule has 0 heterocycles. The van der Waals surface area contributed by atoms with Crippen LogP contribution in [0, 0.1) is 10.8 Å². The molecule has 0 saturated carbocycles. The average Bonchev–Trinajstić information content (AvgIpc) is 2.57. The van der Waals surface area contributed by atoms with Crippen LogP contribution >= 0.6 is 0 Å². The highest BCUT2D eigenvalue weighted by Gasteiger charge is 2.32. The fourth-order valence-electron chi connectivity index (χ4n) is 1.12. The van der Waals surface area contributed by atoms with Gasteiger partial charge < -0.3 is 19.3 Å². The molecule has 0 fully saturated rings. The molecule has 0 amide bonds. The molecule has 0 aromatic carbocycles. The second-order valence-corrected chi connectivity index (χ2v) is 4.96. The second-order valence-electron chi connectivity index (χ2n) is 4.96. The molecule has 134 valence electrons. The fourth-order valence-corrected chi connectivity index (χ4v) is 1.12. The molecule has 0 radical (unpaired) electrons. The summed E-state index contributed by atoms with van der Waals surface area (Å²) in [5.41, 5.74) is -2.17. The Bertz CT molecular complexity index is 413. The van der Waals surface area contributed by atoms with E-state index in [-0.39, 0.29) is 6.61 Å². The van der Waals surface area contributed by atoms with Crippen molar-refractivity contribution in [3.8, 4) is 0 Å². The van der Waals surface area contributed by atoms with E-state index in [0.29, 0.717) is 0 Å². The molecule has 0 rings (SSSR count). The SMILES string of the molecule is C=C[C@](C)(CO)C(=O)OC.C=C[C@](C)(COC(F)F)C(=O)OC. The van der Waals surface area contributed by atoms with Crippen LogP contribution in [0.2, 0.25) is 0 Å². The number of aliphatic hydroxyl groups excluding tert-OH is 1. The van der Waals surface area contributed by atoms with Crippen molar-refractivity contribution >= 4 is 11.9 Å². The van der Waals surface area contributed by atoms with E-state index >= 15 is 0 Å². The first-order valence-electron chi connectivity index (χ1n) is 6.51. The monoisotopic (exact) mass is 338 g/mol. The first-order chi connectivity index (χ1) is 10.6. The number of carbonyl (C=O) groups excluding carboxylic acids is 2. The summed E-state index contributed by atoms with van der Waals surface area (Å²) in [4.78, 5) is 21.9. The van der Waals surface area contributed by atoms with E-state index in [1.54, 1.807) is 6.92 Å². The van der Waals surface area contributed by atoms with Crippen LogP contribution in [-0.4, -0.2) is 51.1 Å². The summed E-state index contributed by atoms with van der Waals surface area (Å²) in [5, 5.41) is 8.71. The Morgan fingerprint density at radius 2 is 1.48 bits per heavy atom. The number of carbonyl (C=O) groups is 2. The maximum absolute atomic E-state index is 11.7. The van der Waals surface area contributed by atoms with Crippen LogP contribution in [0.3, 0.4) is 0 Å². The van der Waals surface area contributed by atoms with Crippen molar-refractivity contribution in [3.05, 3.63) is 25.3 Å². The Hall–Kier alpha value is -1.80. The number of alkyl halides is 2. The summed E-state index contributed by atoms with van der Waals surface area (Å²) in [6, 6.07) is 0. The zero-order valence-corrected chi connectivity index (χ0v) is 13.8. The normalized spacial score (nSPS) is 15.3. The number of rotatable bonds is 8. The maximum Gasteiger partial charge on any atom is 0.345 e. The fraction of sp³-hybridized carbons (Fsp3) is 0.600. The third kappa shape index (κ3) is 7.85. The molecule has 0 aromatic heterocycles. The Labute approximate surface area is 134 Å². The Morgan fingerprint density at radius 1 is 1.09 bits per heavy atom. The van der Waals surface area contributed by atoms with E-state index < -0.39 is 36.0 Å². The summed E-state index contributed by atoms with van der Waals surface area (Å²) in [7, 11) is 2.45. The number of halogens is 2. The van der Waals surface area contributed by atoms with Gasteiger partial charge in [0, 0.05) is 0 Å². The number of methoxy groups -OCH3 is 2. The molecule has 0 bridgehead atoms. The molecular weight excluding hydrogens is 314 g/mol. The van der Waals surface area contributed by atoms with Crippen LogP contribution in [0.15, 0.2) is 25.3 Å². The molecule has 2 atom stereocenters. The largest absolute Gasteiger partial charge is 0.468 e. The molecule has 0 saturated heterocycles. The van der Waals surface area contributed by atoms with Gasteiger partial charge in [-0.3, -0.25) is 9.59 Å². The maximum atomic E-state index is 11.7. The number of aliphatic hydroxyl groups is 1. The molecule has 0 unspecified atom stereocenters. The van der Waals surface area contributed by atoms with Crippen LogP contribution in [0.1, 0.15) is 13.8 Å². The highest BCUT2D eigenvalue weighted by molar-refractivity contribution is 5.79. The molecule has 1 N–H and O–H groups in total. The van der Waals surface area contributed by atoms with Crippen molar-refractivity contribution in [3.63, 3.8) is 0 Å². The van der Waals surface area contributed by atoms with E-state index in [2.05, 4.69) is 27.4 Å². The van der Waals surface area contributed by atoms with Gasteiger partial charge >= 0.3 is 18.6 Å². The molecule has 0 spiro atoms. The lowest BCUT2D eigenvalue weighted by Gasteiger charge is -2.21. The van der Waals surface area contributed by atoms with Crippen molar-refractivity contribution in [2.75, 3.05) is 27.4 Å². The lowest BCUT2D eigenvalue weighted by atomic mass is 9.92. The minimum Gasteiger partial charge on any atom is -0.468 e. The topological polar surface area (TPSA) is 82.1 Å². The van der Waals surface area contributed by atoms with E-state index in [1.165, 1.54) is 33.3 Å². The number of hydrogen-bond acceptors (Lipinski definition) is 6. The van der Waals surface area contributed by atoms with Crippen molar-refractivity contribution in [1.29, 1.82) is 0 Å². The summed E-state index contributed by atoms with van der Waals surface area (Å²) in [6.07, 6.45) is 2.60. The highest BCUT2D eigenvalue weighted by atomic mass is 19.3. The Balaban J connectivity index is 0. The van der Waals surface area contributed by atoms with Crippen LogP contribution in [0.4, 0.5) is 8.78 Å². The van der Waals surface area contributed by atoms with Crippen molar-refractivity contribution in [1.82, 2.24) is 0 Å². The average molecular weight is 338 g/mol. The van der Waals surface area contributed by atoms with Gasteiger partial charge in [-0.25, -0.2) is 0 Å². The minimum absolute atomic E-state index is 0.275. The Kier molecular flexibility index (Phi) is 11.1. The molecule has 0 aliphatic heterocycles. The number of hydrogen-bond donors (Lipinski definition) is 1. The predicted octanol–water partition coefficient (Wildman–Crippen LogP) is 1.93. The first-order valence-corrected chi connectivity index (χ1v) is 6.51. The number of ether oxygens (including phenoxy) is 3. The van der Waals surface area contributed by atoms with Crippen LogP contribution < -0.4 is 0 Å². The van der Waals surface area contributed by atoms with Gasteiger partial charge in [0.1, 0.15) is 10.8 Å². The van der Waals surface area contributed by atoms with Crippen molar-refractivity contribution in [2.24, 2.45) is 10.8 Å². The van der Waals surface area contributed by atoms with Crippen molar-refractivity contribution in [2.45, 2.75) is 20.5 Å². The lowest BCUT2D eigenvalue weighted by Crippen LogP contribution is -2.32. The van der Waals surface area contributed by atoms with Gasteiger partial charge in [0.2, 0.25) is 0 Å². The van der Waals surface area contributed by atoms with Crippen LogP contribution in [0.5, 0.6) is 0 Å². The van der Waals surface area contributed by atoms with Crippen molar-refractivity contribution < 1.29 is 37.7 Å². The smallest absolute Gasteiger partial charge is 0.345 e. The quantitative estimate of drug-likeness (QED) is 0.538. The third-order valence-corrected chi connectivity index (χ3v) is 3.04. The van der Waals surface area contributed by atoms with Gasteiger partial charge in [0.15, 0.2) is 0 Å². The lowest BCUT2D eigenvalue weighted by molar-refractivity contribution is -0.168. The van der Waals surface area contributed by atoms with E-state index in [4.69, 9.17) is 5.11 Å². The molecular formula is C15H24F2O6. The summed E-state index contributed by atoms with van der Waals surface area (Å²) in [6.45, 7) is 6.12. The van der Waals surface area contributed by atoms with E-state index in [0.717, 1.165) is 0 Å². The van der Waals surface area contributed by atoms with Gasteiger partial charge in [0.25, 0.3) is 0 Å². The van der Waals surface area contributed by atoms with Gasteiger partial charge in [-0.05, 0) is 13.8 Å². The Morgan fingerprint density at radius 3 is 1.70 bits per heavy atom. The second kappa shape index (κ2) is 10.8. The van der Waals surface area contributed by atoms with Crippen LogP contribution in [-0.2, 0) is 23.8 Å². The highest BCUT2D eigenvalue weighted by Crippen LogP contribution is 2.21. The zero-order chi connectivity index (χ0) is 18.7. The van der Waals surface area contributed by atoms with Gasteiger partial charge in [0.05, 0.1) is 27.4 Å². The van der Waals surface area contributed by atoms with Gasteiger partial charge in [-0.1, -0.05) is 12.2 Å².